The van der Waals surface area contributed by atoms with Crippen molar-refractivity contribution in [1.82, 2.24) is 9.88 Å². The van der Waals surface area contributed by atoms with E-state index >= 15 is 0 Å². The molecule has 21 heavy (non-hydrogen) atoms. The van der Waals surface area contributed by atoms with Crippen molar-refractivity contribution in [3.63, 3.8) is 0 Å². The summed E-state index contributed by atoms with van der Waals surface area (Å²) in [6.07, 6.45) is 6.05. The largest absolute Gasteiger partial charge is 0.394 e. The summed E-state index contributed by atoms with van der Waals surface area (Å²) in [7, 11) is 0. The fourth-order valence-electron chi connectivity index (χ4n) is 3.76. The first-order valence-electron chi connectivity index (χ1n) is 7.72. The zero-order valence-corrected chi connectivity index (χ0v) is 12.0. The highest BCUT2D eigenvalue weighted by molar-refractivity contribution is 5.83. The van der Waals surface area contributed by atoms with Gasteiger partial charge in [-0.1, -0.05) is 0 Å². The molecule has 3 aliphatic rings. The first-order valence-corrected chi connectivity index (χ1v) is 7.72. The van der Waals surface area contributed by atoms with Gasteiger partial charge in [-0.15, -0.1) is 0 Å². The van der Waals surface area contributed by atoms with E-state index in [-0.39, 0.29) is 0 Å². The topological polar surface area (TPSA) is 88.5 Å². The highest BCUT2D eigenvalue weighted by Gasteiger charge is 2.46. The number of anilines is 3. The van der Waals surface area contributed by atoms with Crippen LogP contribution in [0.3, 0.4) is 0 Å². The SMILES string of the molecule is Nc1nccc(N2CC3CCC(C2)N3C(=O)C2CC2)c1N. The third-order valence-corrected chi connectivity index (χ3v) is 5.00. The van der Waals surface area contributed by atoms with Gasteiger partial charge in [0, 0.05) is 37.3 Å². The van der Waals surface area contributed by atoms with Crippen LogP contribution >= 0.6 is 0 Å². The predicted molar refractivity (Wildman–Crippen MR) is 81.7 cm³/mol. The minimum Gasteiger partial charge on any atom is -0.394 e. The number of amides is 1. The Morgan fingerprint density at radius 1 is 1.14 bits per heavy atom. The lowest BCUT2D eigenvalue weighted by Gasteiger charge is -2.42. The van der Waals surface area contributed by atoms with Crippen molar-refractivity contribution in [3.05, 3.63) is 12.3 Å². The number of fused-ring (bicyclic) bond motifs is 2. The first-order chi connectivity index (χ1) is 10.1. The fraction of sp³-hybridized carbons (Fsp3) is 0.600. The van der Waals surface area contributed by atoms with Gasteiger partial charge in [-0.3, -0.25) is 4.79 Å². The number of hydrogen-bond donors (Lipinski definition) is 2. The lowest BCUT2D eigenvalue weighted by molar-refractivity contribution is -0.135. The molecule has 1 saturated carbocycles. The molecule has 3 fully saturated rings. The van der Waals surface area contributed by atoms with Crippen LogP contribution in [0.1, 0.15) is 25.7 Å². The van der Waals surface area contributed by atoms with E-state index in [0.717, 1.165) is 44.5 Å². The van der Waals surface area contributed by atoms with Crippen molar-refractivity contribution >= 4 is 23.1 Å². The van der Waals surface area contributed by atoms with Crippen molar-refractivity contribution in [1.29, 1.82) is 0 Å². The van der Waals surface area contributed by atoms with E-state index in [9.17, 15) is 4.79 Å². The quantitative estimate of drug-likeness (QED) is 0.841. The van der Waals surface area contributed by atoms with Gasteiger partial charge in [-0.25, -0.2) is 4.98 Å². The molecule has 2 bridgehead atoms. The molecule has 112 valence electrons. The molecule has 1 aromatic rings. The molecule has 2 saturated heterocycles. The van der Waals surface area contributed by atoms with Crippen LogP contribution in [0.25, 0.3) is 0 Å². The van der Waals surface area contributed by atoms with Gasteiger partial charge in [0.05, 0.1) is 11.4 Å². The van der Waals surface area contributed by atoms with Crippen LogP contribution in [0.2, 0.25) is 0 Å². The highest BCUT2D eigenvalue weighted by atomic mass is 16.2. The Balaban J connectivity index is 1.57. The zero-order chi connectivity index (χ0) is 14.6. The number of carbonyl (C=O) groups excluding carboxylic acids is 1. The van der Waals surface area contributed by atoms with Gasteiger partial charge in [0.1, 0.15) is 5.82 Å². The van der Waals surface area contributed by atoms with Crippen molar-refractivity contribution < 1.29 is 4.79 Å². The molecule has 2 aliphatic heterocycles. The third-order valence-electron chi connectivity index (χ3n) is 5.00. The second-order valence-corrected chi connectivity index (χ2v) is 6.44. The summed E-state index contributed by atoms with van der Waals surface area (Å²) in [5, 5.41) is 0. The van der Waals surface area contributed by atoms with Crippen molar-refractivity contribution in [3.8, 4) is 0 Å². The zero-order valence-electron chi connectivity index (χ0n) is 12.0. The van der Waals surface area contributed by atoms with Crippen molar-refractivity contribution in [2.45, 2.75) is 37.8 Å². The molecule has 0 aromatic carbocycles. The second kappa shape index (κ2) is 4.51. The van der Waals surface area contributed by atoms with Gasteiger partial charge in [0.25, 0.3) is 0 Å². The van der Waals surface area contributed by atoms with Gasteiger partial charge in [-0.05, 0) is 31.7 Å². The molecule has 4 N–H and O–H groups in total. The number of hydrogen-bond acceptors (Lipinski definition) is 5. The molecular weight excluding hydrogens is 266 g/mol. The molecule has 6 heteroatoms. The van der Waals surface area contributed by atoms with Crippen molar-refractivity contribution in [2.75, 3.05) is 29.5 Å². The molecule has 1 amide bonds. The summed E-state index contributed by atoms with van der Waals surface area (Å²) in [4.78, 5) is 20.9. The first kappa shape index (κ1) is 12.7. The number of rotatable bonds is 2. The van der Waals surface area contributed by atoms with E-state index in [4.69, 9.17) is 11.5 Å². The minimum absolute atomic E-state index is 0.307. The maximum absolute atomic E-state index is 12.4. The van der Waals surface area contributed by atoms with E-state index in [2.05, 4.69) is 14.8 Å². The lowest BCUT2D eigenvalue weighted by atomic mass is 10.1. The van der Waals surface area contributed by atoms with Gasteiger partial charge < -0.3 is 21.3 Å². The van der Waals surface area contributed by atoms with Crippen LogP contribution < -0.4 is 16.4 Å². The van der Waals surface area contributed by atoms with E-state index in [1.165, 1.54) is 0 Å². The normalized spacial score (nSPS) is 28.0. The Morgan fingerprint density at radius 3 is 2.43 bits per heavy atom. The average Bonchev–Trinajstić information content (AvgIpc) is 3.27. The smallest absolute Gasteiger partial charge is 0.226 e. The predicted octanol–water partition coefficient (Wildman–Crippen LogP) is 0.836. The van der Waals surface area contributed by atoms with Gasteiger partial charge in [0.2, 0.25) is 5.91 Å². The Labute approximate surface area is 124 Å². The van der Waals surface area contributed by atoms with Crippen LogP contribution in [-0.4, -0.2) is 41.0 Å². The fourth-order valence-corrected chi connectivity index (χ4v) is 3.76. The minimum atomic E-state index is 0.307. The van der Waals surface area contributed by atoms with Gasteiger partial charge in [-0.2, -0.15) is 0 Å². The van der Waals surface area contributed by atoms with Gasteiger partial charge in [0.15, 0.2) is 0 Å². The average molecular weight is 287 g/mol. The molecule has 3 heterocycles. The third kappa shape index (κ3) is 2.01. The summed E-state index contributed by atoms with van der Waals surface area (Å²) >= 11 is 0. The number of carbonyl (C=O) groups is 1. The highest BCUT2D eigenvalue weighted by Crippen LogP contribution is 2.40. The number of nitrogens with zero attached hydrogens (tertiary/aromatic N) is 3. The maximum atomic E-state index is 12.4. The second-order valence-electron chi connectivity index (χ2n) is 6.44. The number of nitrogens with two attached hydrogens (primary N) is 2. The summed E-state index contributed by atoms with van der Waals surface area (Å²) < 4.78 is 0. The summed E-state index contributed by atoms with van der Waals surface area (Å²) in [6, 6.07) is 2.57. The summed E-state index contributed by atoms with van der Waals surface area (Å²) in [5.74, 6) is 1.07. The number of piperazine rings is 1. The number of nitrogen functional groups attached to an aromatic ring is 2. The summed E-state index contributed by atoms with van der Waals surface area (Å²) in [6.45, 7) is 1.70. The van der Waals surface area contributed by atoms with Crippen LogP contribution in [0, 0.1) is 5.92 Å². The Kier molecular flexibility index (Phi) is 2.74. The molecule has 0 spiro atoms. The van der Waals surface area contributed by atoms with Gasteiger partial charge >= 0.3 is 0 Å². The summed E-state index contributed by atoms with van der Waals surface area (Å²) in [5.41, 5.74) is 13.4. The molecule has 0 radical (unpaired) electrons. The number of aromatic nitrogens is 1. The molecular formula is C15H21N5O. The standard InChI is InChI=1S/C15H21N5O/c16-13-12(5-6-18-14(13)17)19-7-10-3-4-11(8-19)20(10)15(21)9-1-2-9/h5-6,9-11H,1-4,7-8,16H2,(H2,17,18). The van der Waals surface area contributed by atoms with E-state index in [1.54, 1.807) is 6.20 Å². The van der Waals surface area contributed by atoms with Crippen LogP contribution in [0.5, 0.6) is 0 Å². The lowest BCUT2D eigenvalue weighted by Crippen LogP contribution is -2.56. The van der Waals surface area contributed by atoms with Crippen molar-refractivity contribution in [2.24, 2.45) is 5.92 Å². The van der Waals surface area contributed by atoms with E-state index in [0.29, 0.717) is 35.4 Å². The Bertz CT molecular complexity index is 571. The van der Waals surface area contributed by atoms with Crippen LogP contribution in [-0.2, 0) is 4.79 Å². The number of pyridine rings is 1. The molecule has 6 nitrogen and oxygen atoms in total. The molecule has 2 unspecified atom stereocenters. The molecule has 4 rings (SSSR count). The van der Waals surface area contributed by atoms with Crippen LogP contribution in [0.15, 0.2) is 12.3 Å². The maximum Gasteiger partial charge on any atom is 0.226 e. The van der Waals surface area contributed by atoms with E-state index in [1.807, 2.05) is 6.07 Å². The Hall–Kier alpha value is -1.98. The van der Waals surface area contributed by atoms with Crippen LogP contribution in [0.4, 0.5) is 17.2 Å². The molecule has 2 atom stereocenters. The molecule has 1 aromatic heterocycles. The Morgan fingerprint density at radius 2 is 1.81 bits per heavy atom. The monoisotopic (exact) mass is 287 g/mol. The molecule has 1 aliphatic carbocycles. The van der Waals surface area contributed by atoms with E-state index < -0.39 is 0 Å².